The molecular formula is C13H18O2S. The van der Waals surface area contributed by atoms with Gasteiger partial charge in [0.05, 0.1) is 11.5 Å². The number of thioether (sulfide) groups is 1. The van der Waals surface area contributed by atoms with Gasteiger partial charge in [-0.15, -0.1) is 0 Å². The highest BCUT2D eigenvalue weighted by molar-refractivity contribution is 7.97. The Labute approximate surface area is 100 Å². The van der Waals surface area contributed by atoms with E-state index in [1.807, 2.05) is 25.5 Å². The van der Waals surface area contributed by atoms with Crippen LogP contribution < -0.4 is 16.1 Å². The Hall–Kier alpha value is -1.22. The van der Waals surface area contributed by atoms with E-state index in [0.717, 1.165) is 11.6 Å². The van der Waals surface area contributed by atoms with E-state index in [0.29, 0.717) is 5.22 Å². The average Bonchev–Trinajstić information content (AvgIpc) is 2.25. The summed E-state index contributed by atoms with van der Waals surface area (Å²) in [6.45, 7) is 5.57. The maximum atomic E-state index is 11.2. The predicted octanol–water partition coefficient (Wildman–Crippen LogP) is 1.78. The second kappa shape index (κ2) is 9.04. The minimum atomic E-state index is -0.317. The maximum absolute atomic E-state index is 11.2. The smallest absolute Gasteiger partial charge is 0.343 e. The van der Waals surface area contributed by atoms with Crippen LogP contribution in [0.3, 0.4) is 0 Å². The van der Waals surface area contributed by atoms with Crippen molar-refractivity contribution in [3.8, 4) is 0 Å². The Morgan fingerprint density at radius 2 is 2.12 bits per heavy atom. The van der Waals surface area contributed by atoms with Crippen molar-refractivity contribution >= 4 is 23.9 Å². The Morgan fingerprint density at radius 3 is 2.62 bits per heavy atom. The minimum absolute atomic E-state index is 0.317. The van der Waals surface area contributed by atoms with Crippen LogP contribution in [0.4, 0.5) is 0 Å². The first-order chi connectivity index (χ1) is 7.71. The van der Waals surface area contributed by atoms with Crippen molar-refractivity contribution in [3.63, 3.8) is 0 Å². The molecule has 0 aliphatic carbocycles. The topological polar surface area (TPSA) is 30.2 Å². The van der Waals surface area contributed by atoms with Gasteiger partial charge >= 0.3 is 5.63 Å². The molecule has 2 nitrogen and oxygen atoms in total. The molecule has 3 heteroatoms. The third-order valence-corrected chi connectivity index (χ3v) is 1.66. The first-order valence-electron chi connectivity index (χ1n) is 5.02. The highest BCUT2D eigenvalue weighted by Crippen LogP contribution is 1.74. The van der Waals surface area contributed by atoms with Crippen molar-refractivity contribution in [2.45, 2.75) is 13.3 Å². The van der Waals surface area contributed by atoms with Crippen LogP contribution in [0.15, 0.2) is 34.2 Å². The molecule has 88 valence electrons. The van der Waals surface area contributed by atoms with Gasteiger partial charge in [-0.3, -0.25) is 0 Å². The van der Waals surface area contributed by atoms with Crippen molar-refractivity contribution in [3.05, 3.63) is 45.8 Å². The fourth-order valence-corrected chi connectivity index (χ4v) is 1.12. The molecule has 0 aliphatic heterocycles. The standard InChI is InChI=1S/C11H12O2.C2H6S/c1-3-5-9-7-8-13-11(12)10(9)6-4-2;1-3-2/h4-8H,2-3H2,1H3;1-2H3/b9-5-,10-6+;. The van der Waals surface area contributed by atoms with Crippen molar-refractivity contribution in [2.75, 3.05) is 12.5 Å². The Morgan fingerprint density at radius 1 is 1.50 bits per heavy atom. The fraction of sp³-hybridized carbons (Fsp3) is 0.308. The van der Waals surface area contributed by atoms with Crippen LogP contribution in [-0.4, -0.2) is 12.5 Å². The molecule has 0 amide bonds. The minimum Gasteiger partial charge on any atom is -0.431 e. The number of rotatable bonds is 2. The molecular weight excluding hydrogens is 220 g/mol. The molecule has 1 rings (SSSR count). The Bertz CT molecular complexity index is 471. The predicted molar refractivity (Wildman–Crippen MR) is 73.1 cm³/mol. The van der Waals surface area contributed by atoms with Crippen LogP contribution in [0.2, 0.25) is 0 Å². The SMILES string of the molecule is C=C/C=c1/c(=O)occ/c1=C/CC.CSC. The molecule has 0 saturated heterocycles. The van der Waals surface area contributed by atoms with Crippen LogP contribution in [0.5, 0.6) is 0 Å². The van der Waals surface area contributed by atoms with E-state index in [9.17, 15) is 4.79 Å². The van der Waals surface area contributed by atoms with E-state index < -0.39 is 0 Å². The van der Waals surface area contributed by atoms with Gasteiger partial charge < -0.3 is 4.42 Å². The Kier molecular flexibility index (Phi) is 8.35. The molecule has 0 saturated carbocycles. The number of hydrogen-bond acceptors (Lipinski definition) is 3. The summed E-state index contributed by atoms with van der Waals surface area (Å²) in [5, 5.41) is 1.47. The summed E-state index contributed by atoms with van der Waals surface area (Å²) in [6.07, 6.45) is 11.6. The zero-order valence-electron chi connectivity index (χ0n) is 10.0. The lowest BCUT2D eigenvalue weighted by molar-refractivity contribution is 0.503. The van der Waals surface area contributed by atoms with Crippen LogP contribution in [0.25, 0.3) is 12.2 Å². The number of hydrogen-bond donors (Lipinski definition) is 0. The van der Waals surface area contributed by atoms with Gasteiger partial charge in [0.2, 0.25) is 0 Å². The second-order valence-electron chi connectivity index (χ2n) is 3.00. The summed E-state index contributed by atoms with van der Waals surface area (Å²) in [5.41, 5.74) is -0.317. The molecule has 0 N–H and O–H groups in total. The average molecular weight is 238 g/mol. The van der Waals surface area contributed by atoms with Gasteiger partial charge in [-0.25, -0.2) is 4.79 Å². The van der Waals surface area contributed by atoms with E-state index in [-0.39, 0.29) is 5.63 Å². The molecule has 0 radical (unpaired) electrons. The van der Waals surface area contributed by atoms with Gasteiger partial charge in [-0.2, -0.15) is 11.8 Å². The van der Waals surface area contributed by atoms with Crippen LogP contribution in [-0.2, 0) is 0 Å². The van der Waals surface area contributed by atoms with Gasteiger partial charge in [0.25, 0.3) is 0 Å². The Balaban J connectivity index is 0.000000673. The zero-order chi connectivity index (χ0) is 12.4. The summed E-state index contributed by atoms with van der Waals surface area (Å²) in [7, 11) is 0. The summed E-state index contributed by atoms with van der Waals surface area (Å²) in [6, 6.07) is 1.78. The molecule has 0 spiro atoms. The summed E-state index contributed by atoms with van der Waals surface area (Å²) >= 11 is 1.75. The molecule has 1 heterocycles. The summed E-state index contributed by atoms with van der Waals surface area (Å²) in [4.78, 5) is 11.2. The van der Waals surface area contributed by atoms with Crippen molar-refractivity contribution in [2.24, 2.45) is 0 Å². The van der Waals surface area contributed by atoms with Crippen LogP contribution in [0.1, 0.15) is 13.3 Å². The van der Waals surface area contributed by atoms with Gasteiger partial charge in [0, 0.05) is 0 Å². The maximum Gasteiger partial charge on any atom is 0.343 e. The summed E-state index contributed by atoms with van der Waals surface area (Å²) in [5.74, 6) is 0. The first kappa shape index (κ1) is 14.8. The van der Waals surface area contributed by atoms with E-state index in [4.69, 9.17) is 4.42 Å². The molecule has 0 fully saturated rings. The highest BCUT2D eigenvalue weighted by Gasteiger charge is 1.90. The normalized spacial score (nSPS) is 11.9. The molecule has 0 unspecified atom stereocenters. The van der Waals surface area contributed by atoms with E-state index in [1.54, 1.807) is 30.0 Å². The number of allylic oxidation sites excluding steroid dienone is 1. The molecule has 0 atom stereocenters. The second-order valence-corrected chi connectivity index (χ2v) is 3.82. The van der Waals surface area contributed by atoms with Crippen molar-refractivity contribution in [1.29, 1.82) is 0 Å². The molecule has 16 heavy (non-hydrogen) atoms. The van der Waals surface area contributed by atoms with E-state index in [2.05, 4.69) is 6.58 Å². The fourth-order valence-electron chi connectivity index (χ4n) is 1.12. The molecule has 1 aromatic rings. The van der Waals surface area contributed by atoms with Crippen LogP contribution >= 0.6 is 11.8 Å². The monoisotopic (exact) mass is 238 g/mol. The third kappa shape index (κ3) is 5.03. The lowest BCUT2D eigenvalue weighted by Crippen LogP contribution is -2.37. The first-order valence-corrected chi connectivity index (χ1v) is 6.65. The van der Waals surface area contributed by atoms with Gasteiger partial charge in [-0.05, 0) is 36.3 Å². The van der Waals surface area contributed by atoms with E-state index in [1.165, 1.54) is 6.26 Å². The quantitative estimate of drug-likeness (QED) is 0.786. The van der Waals surface area contributed by atoms with Gasteiger partial charge in [0.1, 0.15) is 0 Å². The summed E-state index contributed by atoms with van der Waals surface area (Å²) < 4.78 is 4.74. The zero-order valence-corrected chi connectivity index (χ0v) is 10.8. The largest absolute Gasteiger partial charge is 0.431 e. The van der Waals surface area contributed by atoms with E-state index >= 15 is 0 Å². The lowest BCUT2D eigenvalue weighted by Gasteiger charge is -1.86. The highest BCUT2D eigenvalue weighted by atomic mass is 32.2. The van der Waals surface area contributed by atoms with Crippen molar-refractivity contribution in [1.82, 2.24) is 0 Å². The van der Waals surface area contributed by atoms with Crippen molar-refractivity contribution < 1.29 is 4.42 Å². The molecule has 1 aromatic heterocycles. The third-order valence-electron chi connectivity index (χ3n) is 1.66. The molecule has 0 aliphatic rings. The van der Waals surface area contributed by atoms with Gasteiger partial charge in [0.15, 0.2) is 0 Å². The molecule has 0 aromatic carbocycles. The van der Waals surface area contributed by atoms with Gasteiger partial charge in [-0.1, -0.05) is 25.7 Å². The van der Waals surface area contributed by atoms with Crippen LogP contribution in [0, 0.1) is 0 Å². The lowest BCUT2D eigenvalue weighted by atomic mass is 10.2. The molecule has 0 bridgehead atoms.